The number of carbonyl (C=O) groups excluding carboxylic acids is 2. The van der Waals surface area contributed by atoms with Crippen LogP contribution in [0.2, 0.25) is 0 Å². The van der Waals surface area contributed by atoms with Crippen LogP contribution in [0.3, 0.4) is 0 Å². The number of hydrogen-bond donors (Lipinski definition) is 0. The van der Waals surface area contributed by atoms with Crippen molar-refractivity contribution in [2.45, 2.75) is 46.5 Å². The van der Waals surface area contributed by atoms with Crippen LogP contribution in [-0.4, -0.2) is 16.8 Å². The summed E-state index contributed by atoms with van der Waals surface area (Å²) in [6, 6.07) is 8.42. The number of thiazole rings is 1. The van der Waals surface area contributed by atoms with Gasteiger partial charge >= 0.3 is 0 Å². The Bertz CT molecular complexity index is 984. The first-order valence-corrected chi connectivity index (χ1v) is 11.5. The maximum atomic E-state index is 13.3. The molecule has 5 heteroatoms. The van der Waals surface area contributed by atoms with Gasteiger partial charge in [-0.3, -0.25) is 9.59 Å². The second kappa shape index (κ2) is 6.91. The van der Waals surface area contributed by atoms with Crippen LogP contribution in [0.25, 0.3) is 11.3 Å². The number of carbonyl (C=O) groups is 2. The SMILES string of the molecule is CCCc1ccc(-c2csc(N3C(=O)[C@@H]4[C@H](C3=O)[C@@H]3CC[C@@H]4C3=C(C)C)n2)cc1. The minimum absolute atomic E-state index is 0.0369. The van der Waals surface area contributed by atoms with Gasteiger partial charge in [-0.1, -0.05) is 48.8 Å². The van der Waals surface area contributed by atoms with Crippen LogP contribution in [0.15, 0.2) is 40.8 Å². The third-order valence-electron chi connectivity index (χ3n) is 6.90. The lowest BCUT2D eigenvalue weighted by Crippen LogP contribution is -2.33. The Labute approximate surface area is 175 Å². The Kier molecular flexibility index (Phi) is 4.46. The predicted molar refractivity (Wildman–Crippen MR) is 116 cm³/mol. The van der Waals surface area contributed by atoms with Crippen molar-refractivity contribution in [1.29, 1.82) is 0 Å². The third-order valence-corrected chi connectivity index (χ3v) is 7.73. The van der Waals surface area contributed by atoms with Crippen molar-refractivity contribution in [3.05, 3.63) is 46.4 Å². The van der Waals surface area contributed by atoms with Gasteiger partial charge in [0.2, 0.25) is 11.8 Å². The number of benzene rings is 1. The summed E-state index contributed by atoms with van der Waals surface area (Å²) < 4.78 is 0. The molecular weight excluding hydrogens is 380 g/mol. The van der Waals surface area contributed by atoms with Gasteiger partial charge < -0.3 is 0 Å². The quantitative estimate of drug-likeness (QED) is 0.515. The minimum Gasteiger partial charge on any atom is -0.274 e. The molecule has 2 heterocycles. The number of rotatable bonds is 4. The number of imide groups is 1. The van der Waals surface area contributed by atoms with E-state index in [1.54, 1.807) is 0 Å². The summed E-state index contributed by atoms with van der Waals surface area (Å²) in [5, 5.41) is 2.48. The van der Waals surface area contributed by atoms with E-state index in [0.29, 0.717) is 5.13 Å². The third kappa shape index (κ3) is 2.74. The number of anilines is 1. The van der Waals surface area contributed by atoms with E-state index in [9.17, 15) is 9.59 Å². The fourth-order valence-corrected chi connectivity index (χ4v) is 6.65. The fourth-order valence-electron chi connectivity index (χ4n) is 5.81. The van der Waals surface area contributed by atoms with Crippen molar-refractivity contribution < 1.29 is 9.59 Å². The zero-order chi connectivity index (χ0) is 20.3. The van der Waals surface area contributed by atoms with Crippen LogP contribution in [0, 0.1) is 23.7 Å². The molecule has 1 aromatic heterocycles. The molecule has 2 saturated carbocycles. The highest BCUT2D eigenvalue weighted by molar-refractivity contribution is 7.14. The summed E-state index contributed by atoms with van der Waals surface area (Å²) in [4.78, 5) is 32.6. The number of hydrogen-bond acceptors (Lipinski definition) is 4. The molecule has 2 aliphatic carbocycles. The largest absolute Gasteiger partial charge is 0.274 e. The molecule has 4 atom stereocenters. The highest BCUT2D eigenvalue weighted by Gasteiger charge is 2.64. The Hall–Kier alpha value is -2.27. The lowest BCUT2D eigenvalue weighted by Gasteiger charge is -2.18. The van der Waals surface area contributed by atoms with Crippen LogP contribution >= 0.6 is 11.3 Å². The summed E-state index contributed by atoms with van der Waals surface area (Å²) in [6.45, 7) is 6.41. The minimum atomic E-state index is -0.174. The molecule has 0 radical (unpaired) electrons. The summed E-state index contributed by atoms with van der Waals surface area (Å²) >= 11 is 1.39. The first kappa shape index (κ1) is 18.7. The maximum absolute atomic E-state index is 13.3. The van der Waals surface area contributed by atoms with E-state index in [4.69, 9.17) is 0 Å². The monoisotopic (exact) mass is 406 g/mol. The lowest BCUT2D eigenvalue weighted by atomic mass is 9.81. The van der Waals surface area contributed by atoms with Gasteiger partial charge in [0, 0.05) is 10.9 Å². The maximum Gasteiger partial charge on any atom is 0.240 e. The number of amides is 2. The first-order chi connectivity index (χ1) is 14.0. The Morgan fingerprint density at radius 2 is 1.69 bits per heavy atom. The van der Waals surface area contributed by atoms with Crippen LogP contribution in [0.1, 0.15) is 45.6 Å². The van der Waals surface area contributed by atoms with E-state index in [-0.39, 0.29) is 35.5 Å². The molecule has 0 unspecified atom stereocenters. The normalized spacial score (nSPS) is 27.8. The molecular formula is C24H26N2O2S. The van der Waals surface area contributed by atoms with Gasteiger partial charge in [0.25, 0.3) is 0 Å². The number of allylic oxidation sites excluding steroid dienone is 2. The van der Waals surface area contributed by atoms with Crippen molar-refractivity contribution >= 4 is 28.3 Å². The summed E-state index contributed by atoms with van der Waals surface area (Å²) in [5.74, 6) is 0.0814. The standard InChI is InChI=1S/C24H26N2O2S/c1-4-5-14-6-8-15(9-7-14)18-12-29-24(25-18)26-22(27)20-16-10-11-17(19(16)13(2)3)21(20)23(26)28/h6-9,12,16-17,20-21H,4-5,10-11H2,1-3H3/t16-,17-,20-,21+/m1/s1. The van der Waals surface area contributed by atoms with Gasteiger partial charge in [0.15, 0.2) is 5.13 Å². The van der Waals surface area contributed by atoms with Crippen LogP contribution in [0.4, 0.5) is 5.13 Å². The molecule has 1 aliphatic heterocycles. The van der Waals surface area contributed by atoms with Crippen molar-refractivity contribution in [3.63, 3.8) is 0 Å². The number of aromatic nitrogens is 1. The van der Waals surface area contributed by atoms with Crippen LogP contribution in [0.5, 0.6) is 0 Å². The molecule has 29 heavy (non-hydrogen) atoms. The van der Waals surface area contributed by atoms with Crippen LogP contribution < -0.4 is 4.90 Å². The van der Waals surface area contributed by atoms with E-state index in [1.807, 2.05) is 5.38 Å². The molecule has 150 valence electrons. The average molecular weight is 407 g/mol. The molecule has 2 aromatic rings. The van der Waals surface area contributed by atoms with E-state index in [1.165, 1.54) is 32.9 Å². The molecule has 2 bridgehead atoms. The van der Waals surface area contributed by atoms with E-state index >= 15 is 0 Å². The number of nitrogens with zero attached hydrogens (tertiary/aromatic N) is 2. The van der Waals surface area contributed by atoms with Crippen molar-refractivity contribution in [2.75, 3.05) is 4.90 Å². The molecule has 5 rings (SSSR count). The molecule has 1 aromatic carbocycles. The van der Waals surface area contributed by atoms with E-state index in [2.05, 4.69) is 50.0 Å². The molecule has 3 fully saturated rings. The zero-order valence-electron chi connectivity index (χ0n) is 17.1. The summed E-state index contributed by atoms with van der Waals surface area (Å²) in [6.07, 6.45) is 4.26. The molecule has 4 nitrogen and oxygen atoms in total. The Morgan fingerprint density at radius 1 is 1.07 bits per heavy atom. The van der Waals surface area contributed by atoms with Gasteiger partial charge in [0.1, 0.15) is 0 Å². The predicted octanol–water partition coefficient (Wildman–Crippen LogP) is 5.24. The highest BCUT2D eigenvalue weighted by Crippen LogP contribution is 2.60. The van der Waals surface area contributed by atoms with E-state index in [0.717, 1.165) is 36.9 Å². The van der Waals surface area contributed by atoms with Crippen molar-refractivity contribution in [1.82, 2.24) is 4.98 Å². The van der Waals surface area contributed by atoms with Gasteiger partial charge in [-0.05, 0) is 50.5 Å². The molecule has 3 aliphatic rings. The highest BCUT2D eigenvalue weighted by atomic mass is 32.1. The van der Waals surface area contributed by atoms with E-state index < -0.39 is 0 Å². The molecule has 0 spiro atoms. The Balaban J connectivity index is 1.43. The zero-order valence-corrected chi connectivity index (χ0v) is 18.0. The Morgan fingerprint density at radius 3 is 2.24 bits per heavy atom. The topological polar surface area (TPSA) is 50.3 Å². The second-order valence-electron chi connectivity index (χ2n) is 8.77. The average Bonchev–Trinajstić information content (AvgIpc) is 3.45. The first-order valence-electron chi connectivity index (χ1n) is 10.6. The second-order valence-corrected chi connectivity index (χ2v) is 9.61. The molecule has 0 N–H and O–H groups in total. The van der Waals surface area contributed by atoms with Gasteiger partial charge in [-0.25, -0.2) is 9.88 Å². The van der Waals surface area contributed by atoms with Crippen molar-refractivity contribution in [2.24, 2.45) is 23.7 Å². The fraction of sp³-hybridized carbons (Fsp3) is 0.458. The van der Waals surface area contributed by atoms with Gasteiger partial charge in [0.05, 0.1) is 17.5 Å². The number of aryl methyl sites for hydroxylation is 1. The summed E-state index contributed by atoms with van der Waals surface area (Å²) in [5.41, 5.74) is 5.85. The molecule has 2 amide bonds. The van der Waals surface area contributed by atoms with Gasteiger partial charge in [-0.2, -0.15) is 0 Å². The smallest absolute Gasteiger partial charge is 0.240 e. The lowest BCUT2D eigenvalue weighted by molar-refractivity contribution is -0.123. The number of fused-ring (bicyclic) bond motifs is 5. The molecule has 1 saturated heterocycles. The summed E-state index contributed by atoms with van der Waals surface area (Å²) in [7, 11) is 0. The van der Waals surface area contributed by atoms with Crippen molar-refractivity contribution in [3.8, 4) is 11.3 Å². The van der Waals surface area contributed by atoms with Crippen LogP contribution in [-0.2, 0) is 16.0 Å². The van der Waals surface area contributed by atoms with Gasteiger partial charge in [-0.15, -0.1) is 11.3 Å².